The Kier molecular flexibility index (Phi) is 6.06. The van der Waals surface area contributed by atoms with Gasteiger partial charge in [-0.3, -0.25) is 0 Å². The van der Waals surface area contributed by atoms with Crippen LogP contribution in [0.15, 0.2) is 24.3 Å². The molecule has 0 aromatic heterocycles. The van der Waals surface area contributed by atoms with Crippen molar-refractivity contribution < 1.29 is 0 Å². The highest BCUT2D eigenvalue weighted by molar-refractivity contribution is 5.49. The van der Waals surface area contributed by atoms with Crippen molar-refractivity contribution in [2.75, 3.05) is 31.1 Å². The van der Waals surface area contributed by atoms with Crippen molar-refractivity contribution in [3.8, 4) is 0 Å². The topological polar surface area (TPSA) is 15.3 Å². The van der Waals surface area contributed by atoms with Gasteiger partial charge in [-0.2, -0.15) is 0 Å². The Morgan fingerprint density at radius 3 is 2.35 bits per heavy atom. The molecule has 0 radical (unpaired) electrons. The van der Waals surface area contributed by atoms with Gasteiger partial charge in [0.25, 0.3) is 0 Å². The quantitative estimate of drug-likeness (QED) is 0.845. The maximum atomic E-state index is 3.38. The standard InChI is InChI=1S/C13H20N2.C2H6/c1-11(2)12-4-3-5-13(10-12)15-8-6-14-7-9-15;1-2/h3-5,10-11,14H,6-9H2,1-2H3;1-2H3. The Balaban J connectivity index is 0.000000686. The van der Waals surface area contributed by atoms with E-state index in [-0.39, 0.29) is 0 Å². The number of nitrogens with one attached hydrogen (secondary N) is 1. The van der Waals surface area contributed by atoms with Crippen molar-refractivity contribution in [2.24, 2.45) is 0 Å². The van der Waals surface area contributed by atoms with E-state index in [1.54, 1.807) is 0 Å². The minimum atomic E-state index is 0.618. The maximum absolute atomic E-state index is 3.38. The lowest BCUT2D eigenvalue weighted by Gasteiger charge is -2.30. The van der Waals surface area contributed by atoms with Gasteiger partial charge in [0.2, 0.25) is 0 Å². The number of rotatable bonds is 2. The van der Waals surface area contributed by atoms with E-state index in [1.165, 1.54) is 11.3 Å². The van der Waals surface area contributed by atoms with Crippen LogP contribution in [-0.2, 0) is 0 Å². The van der Waals surface area contributed by atoms with Crippen LogP contribution >= 0.6 is 0 Å². The van der Waals surface area contributed by atoms with Gasteiger partial charge in [0, 0.05) is 31.9 Å². The first-order valence-corrected chi connectivity index (χ1v) is 6.83. The highest BCUT2D eigenvalue weighted by Crippen LogP contribution is 2.21. The molecule has 0 amide bonds. The number of hydrogen-bond donors (Lipinski definition) is 1. The molecule has 1 aromatic rings. The predicted molar refractivity (Wildman–Crippen MR) is 77.0 cm³/mol. The minimum Gasteiger partial charge on any atom is -0.369 e. The molecule has 1 saturated heterocycles. The van der Waals surface area contributed by atoms with Gasteiger partial charge in [-0.25, -0.2) is 0 Å². The second-order valence-electron chi connectivity index (χ2n) is 4.49. The Morgan fingerprint density at radius 2 is 1.76 bits per heavy atom. The van der Waals surface area contributed by atoms with Crippen LogP contribution in [0.4, 0.5) is 5.69 Å². The Morgan fingerprint density at radius 1 is 1.12 bits per heavy atom. The molecular weight excluding hydrogens is 208 g/mol. The van der Waals surface area contributed by atoms with Gasteiger partial charge in [-0.1, -0.05) is 39.8 Å². The molecule has 0 spiro atoms. The third kappa shape index (κ3) is 4.04. The van der Waals surface area contributed by atoms with Crippen LogP contribution in [0.1, 0.15) is 39.2 Å². The molecule has 1 fully saturated rings. The Hall–Kier alpha value is -1.02. The zero-order valence-corrected chi connectivity index (χ0v) is 11.7. The first-order valence-electron chi connectivity index (χ1n) is 6.83. The van der Waals surface area contributed by atoms with E-state index in [0.717, 1.165) is 26.2 Å². The lowest BCUT2D eigenvalue weighted by molar-refractivity contribution is 0.589. The average molecular weight is 234 g/mol. The van der Waals surface area contributed by atoms with Crippen molar-refractivity contribution in [1.29, 1.82) is 0 Å². The molecule has 2 nitrogen and oxygen atoms in total. The number of anilines is 1. The van der Waals surface area contributed by atoms with Crippen LogP contribution in [0.5, 0.6) is 0 Å². The molecular formula is C15H26N2. The van der Waals surface area contributed by atoms with Crippen LogP contribution in [0.3, 0.4) is 0 Å². The molecule has 1 N–H and O–H groups in total. The monoisotopic (exact) mass is 234 g/mol. The summed E-state index contributed by atoms with van der Waals surface area (Å²) in [6.07, 6.45) is 0. The largest absolute Gasteiger partial charge is 0.369 e. The Labute approximate surface area is 106 Å². The number of piperazine rings is 1. The summed E-state index contributed by atoms with van der Waals surface area (Å²) in [7, 11) is 0. The lowest BCUT2D eigenvalue weighted by atomic mass is 10.0. The van der Waals surface area contributed by atoms with E-state index in [2.05, 4.69) is 48.3 Å². The van der Waals surface area contributed by atoms with Crippen LogP contribution in [0.2, 0.25) is 0 Å². The summed E-state index contributed by atoms with van der Waals surface area (Å²) in [6, 6.07) is 8.94. The van der Waals surface area contributed by atoms with Gasteiger partial charge in [0.05, 0.1) is 0 Å². The van der Waals surface area contributed by atoms with E-state index < -0.39 is 0 Å². The highest BCUT2D eigenvalue weighted by atomic mass is 15.2. The van der Waals surface area contributed by atoms with E-state index in [0.29, 0.717) is 5.92 Å². The van der Waals surface area contributed by atoms with Crippen molar-refractivity contribution in [2.45, 2.75) is 33.6 Å². The summed E-state index contributed by atoms with van der Waals surface area (Å²) >= 11 is 0. The predicted octanol–water partition coefficient (Wildman–Crippen LogP) is 3.25. The molecule has 1 aliphatic heterocycles. The second-order valence-corrected chi connectivity index (χ2v) is 4.49. The van der Waals surface area contributed by atoms with E-state index in [9.17, 15) is 0 Å². The van der Waals surface area contributed by atoms with Crippen molar-refractivity contribution >= 4 is 5.69 Å². The molecule has 0 saturated carbocycles. The van der Waals surface area contributed by atoms with Crippen LogP contribution in [0.25, 0.3) is 0 Å². The molecule has 1 aromatic carbocycles. The van der Waals surface area contributed by atoms with Gasteiger partial charge in [-0.05, 0) is 23.6 Å². The summed E-state index contributed by atoms with van der Waals surface area (Å²) in [5, 5.41) is 3.38. The third-order valence-corrected chi connectivity index (χ3v) is 3.02. The van der Waals surface area contributed by atoms with Crippen LogP contribution < -0.4 is 10.2 Å². The molecule has 2 rings (SSSR count). The Bertz CT molecular complexity index is 314. The maximum Gasteiger partial charge on any atom is 0.0369 e. The van der Waals surface area contributed by atoms with Crippen molar-refractivity contribution in [3.63, 3.8) is 0 Å². The van der Waals surface area contributed by atoms with Gasteiger partial charge >= 0.3 is 0 Å². The molecule has 2 heteroatoms. The van der Waals surface area contributed by atoms with E-state index in [4.69, 9.17) is 0 Å². The fraction of sp³-hybridized carbons (Fsp3) is 0.600. The summed E-state index contributed by atoms with van der Waals surface area (Å²) in [5.74, 6) is 0.618. The van der Waals surface area contributed by atoms with Gasteiger partial charge in [-0.15, -0.1) is 0 Å². The molecule has 1 aliphatic rings. The minimum absolute atomic E-state index is 0.618. The molecule has 96 valence electrons. The smallest absolute Gasteiger partial charge is 0.0369 e. The molecule has 17 heavy (non-hydrogen) atoms. The molecule has 0 bridgehead atoms. The summed E-state index contributed by atoms with van der Waals surface area (Å²) in [4.78, 5) is 2.46. The number of nitrogens with zero attached hydrogens (tertiary/aromatic N) is 1. The normalized spacial score (nSPS) is 15.5. The van der Waals surface area contributed by atoms with Crippen molar-refractivity contribution in [1.82, 2.24) is 5.32 Å². The van der Waals surface area contributed by atoms with E-state index in [1.807, 2.05) is 13.8 Å². The molecule has 0 aliphatic carbocycles. The zero-order valence-electron chi connectivity index (χ0n) is 11.7. The van der Waals surface area contributed by atoms with Crippen molar-refractivity contribution in [3.05, 3.63) is 29.8 Å². The van der Waals surface area contributed by atoms with Gasteiger partial charge in [0.1, 0.15) is 0 Å². The number of benzene rings is 1. The lowest BCUT2D eigenvalue weighted by Crippen LogP contribution is -2.43. The fourth-order valence-electron chi connectivity index (χ4n) is 2.00. The summed E-state index contributed by atoms with van der Waals surface area (Å²) < 4.78 is 0. The summed E-state index contributed by atoms with van der Waals surface area (Å²) in [5.41, 5.74) is 2.81. The summed E-state index contributed by atoms with van der Waals surface area (Å²) in [6.45, 7) is 13.0. The SMILES string of the molecule is CC.CC(C)c1cccc(N2CCNCC2)c1. The first-order chi connectivity index (χ1) is 8.27. The van der Waals surface area contributed by atoms with Gasteiger partial charge < -0.3 is 10.2 Å². The van der Waals surface area contributed by atoms with Crippen LogP contribution in [0, 0.1) is 0 Å². The van der Waals surface area contributed by atoms with E-state index >= 15 is 0 Å². The van der Waals surface area contributed by atoms with Crippen LogP contribution in [-0.4, -0.2) is 26.2 Å². The highest BCUT2D eigenvalue weighted by Gasteiger charge is 2.10. The number of hydrogen-bond acceptors (Lipinski definition) is 2. The molecule has 1 heterocycles. The average Bonchev–Trinajstić information content (AvgIpc) is 2.42. The molecule has 0 atom stereocenters. The zero-order chi connectivity index (χ0) is 12.7. The first kappa shape index (κ1) is 14.0. The molecule has 0 unspecified atom stereocenters. The van der Waals surface area contributed by atoms with Gasteiger partial charge in [0.15, 0.2) is 0 Å². The fourth-order valence-corrected chi connectivity index (χ4v) is 2.00. The second kappa shape index (κ2) is 7.33. The third-order valence-electron chi connectivity index (χ3n) is 3.02.